The summed E-state index contributed by atoms with van der Waals surface area (Å²) in [6, 6.07) is 8.37. The van der Waals surface area contributed by atoms with Gasteiger partial charge in [-0.05, 0) is 57.4 Å². The second-order valence-electron chi connectivity index (χ2n) is 7.57. The fraction of sp³-hybridized carbons (Fsp3) is 0.409. The van der Waals surface area contributed by atoms with E-state index >= 15 is 0 Å². The van der Waals surface area contributed by atoms with Crippen LogP contribution in [0.4, 0.5) is 0 Å². The molecular weight excluding hydrogens is 402 g/mol. The van der Waals surface area contributed by atoms with Gasteiger partial charge in [0.1, 0.15) is 17.2 Å². The van der Waals surface area contributed by atoms with Crippen molar-refractivity contribution in [1.29, 1.82) is 0 Å². The van der Waals surface area contributed by atoms with Gasteiger partial charge in [-0.25, -0.2) is 0 Å². The zero-order chi connectivity index (χ0) is 20.5. The highest BCUT2D eigenvalue weighted by atomic mass is 35.5. The van der Waals surface area contributed by atoms with E-state index in [0.29, 0.717) is 12.0 Å². The Morgan fingerprint density at radius 1 is 1.28 bits per heavy atom. The quantitative estimate of drug-likeness (QED) is 0.554. The number of thiophene rings is 1. The number of rotatable bonds is 7. The molecule has 0 spiro atoms. The average Bonchev–Trinajstić information content (AvgIpc) is 3.20. The monoisotopic (exact) mass is 427 g/mol. The van der Waals surface area contributed by atoms with E-state index in [9.17, 15) is 0 Å². The molecule has 1 N–H and O–H groups in total. The number of hydrogen-bond donors (Lipinski definition) is 1. The molecule has 0 aliphatic heterocycles. The molecule has 3 aromatic rings. The van der Waals surface area contributed by atoms with E-state index < -0.39 is 0 Å². The van der Waals surface area contributed by atoms with Gasteiger partial charge in [-0.3, -0.25) is 9.56 Å². The van der Waals surface area contributed by atoms with Crippen LogP contribution in [0.5, 0.6) is 0 Å². The van der Waals surface area contributed by atoms with Crippen molar-refractivity contribution in [3.8, 4) is 5.00 Å². The van der Waals surface area contributed by atoms with Crippen molar-refractivity contribution in [3.63, 3.8) is 0 Å². The summed E-state index contributed by atoms with van der Waals surface area (Å²) in [5, 5.41) is 13.6. The lowest BCUT2D eigenvalue weighted by Gasteiger charge is -2.12. The third-order valence-corrected chi connectivity index (χ3v) is 6.95. The fourth-order valence-corrected chi connectivity index (χ4v) is 4.85. The second-order valence-corrected chi connectivity index (χ2v) is 9.21. The molecule has 1 aromatic carbocycles. The number of aryl methyl sites for hydroxylation is 2. The van der Waals surface area contributed by atoms with Gasteiger partial charge in [0.2, 0.25) is 0 Å². The zero-order valence-corrected chi connectivity index (χ0v) is 18.8. The summed E-state index contributed by atoms with van der Waals surface area (Å²) >= 11 is 7.93. The van der Waals surface area contributed by atoms with Gasteiger partial charge in [0.15, 0.2) is 0 Å². The highest BCUT2D eigenvalue weighted by Crippen LogP contribution is 2.38. The molecule has 1 saturated carbocycles. The van der Waals surface area contributed by atoms with Gasteiger partial charge in [-0.1, -0.05) is 30.7 Å². The van der Waals surface area contributed by atoms with Crippen LogP contribution < -0.4 is 5.32 Å². The molecule has 1 fully saturated rings. The van der Waals surface area contributed by atoms with Gasteiger partial charge < -0.3 is 5.32 Å². The Labute approximate surface area is 180 Å². The van der Waals surface area contributed by atoms with Gasteiger partial charge in [0.05, 0.1) is 11.8 Å². The summed E-state index contributed by atoms with van der Waals surface area (Å²) in [6.45, 7) is 10.5. The first-order chi connectivity index (χ1) is 14.0. The van der Waals surface area contributed by atoms with Crippen molar-refractivity contribution in [1.82, 2.24) is 20.1 Å². The first kappa shape index (κ1) is 20.3. The van der Waals surface area contributed by atoms with Crippen molar-refractivity contribution in [3.05, 3.63) is 63.0 Å². The molecular formula is C22H26ClN5S. The third kappa shape index (κ3) is 4.15. The van der Waals surface area contributed by atoms with Crippen LogP contribution in [-0.2, 0) is 0 Å². The highest BCUT2D eigenvalue weighted by molar-refractivity contribution is 7.15. The molecule has 152 valence electrons. The molecule has 0 bridgehead atoms. The standard InChI is InChI=1S/C22H26ClN5S/c1-5-24-11-17-10-19(17)26-21(16-6-8-18(23)9-7-16)20-13(2)14(3)29-22(20)28-12-25-27-15(28)4/h6-9,12,17,19,24H,5,10-11H2,1-4H3. The van der Waals surface area contributed by atoms with Gasteiger partial charge in [-0.15, -0.1) is 21.5 Å². The predicted molar refractivity (Wildman–Crippen MR) is 121 cm³/mol. The number of aliphatic imine (C=N–C) groups is 1. The van der Waals surface area contributed by atoms with Crippen LogP contribution in [-0.4, -0.2) is 39.6 Å². The SMILES string of the molecule is CCNCC1CC1N=C(c1ccc(Cl)cc1)c1c(-n2cnnc2C)sc(C)c1C. The smallest absolute Gasteiger partial charge is 0.134 e. The second kappa shape index (κ2) is 8.38. The van der Waals surface area contributed by atoms with Crippen molar-refractivity contribution in [2.24, 2.45) is 10.9 Å². The largest absolute Gasteiger partial charge is 0.317 e. The number of nitrogens with zero attached hydrogens (tertiary/aromatic N) is 4. The lowest BCUT2D eigenvalue weighted by atomic mass is 9.99. The average molecular weight is 428 g/mol. The Kier molecular flexibility index (Phi) is 5.86. The summed E-state index contributed by atoms with van der Waals surface area (Å²) in [7, 11) is 0. The minimum Gasteiger partial charge on any atom is -0.317 e. The fourth-order valence-electron chi connectivity index (χ4n) is 3.55. The summed E-state index contributed by atoms with van der Waals surface area (Å²) in [4.78, 5) is 6.54. The van der Waals surface area contributed by atoms with E-state index in [1.54, 1.807) is 17.7 Å². The Hall–Kier alpha value is -2.02. The lowest BCUT2D eigenvalue weighted by Crippen LogP contribution is -2.17. The summed E-state index contributed by atoms with van der Waals surface area (Å²) < 4.78 is 2.06. The molecule has 0 amide bonds. The summed E-state index contributed by atoms with van der Waals surface area (Å²) in [5.74, 6) is 1.48. The zero-order valence-electron chi connectivity index (χ0n) is 17.2. The molecule has 7 heteroatoms. The van der Waals surface area contributed by atoms with Crippen LogP contribution in [0, 0.1) is 26.7 Å². The highest BCUT2D eigenvalue weighted by Gasteiger charge is 2.37. The minimum atomic E-state index is 0.356. The number of benzene rings is 1. The Balaban J connectivity index is 1.82. The Bertz CT molecular complexity index is 1030. The minimum absolute atomic E-state index is 0.356. The number of nitrogens with one attached hydrogen (secondary N) is 1. The van der Waals surface area contributed by atoms with Gasteiger partial charge in [0.25, 0.3) is 0 Å². The number of hydrogen-bond acceptors (Lipinski definition) is 5. The summed E-state index contributed by atoms with van der Waals surface area (Å²) in [5.41, 5.74) is 4.56. The first-order valence-corrected chi connectivity index (χ1v) is 11.2. The maximum Gasteiger partial charge on any atom is 0.134 e. The van der Waals surface area contributed by atoms with Crippen LogP contribution in [0.2, 0.25) is 5.02 Å². The Morgan fingerprint density at radius 3 is 2.69 bits per heavy atom. The topological polar surface area (TPSA) is 55.1 Å². The maximum atomic E-state index is 6.16. The Morgan fingerprint density at radius 2 is 2.03 bits per heavy atom. The molecule has 0 radical (unpaired) electrons. The van der Waals surface area contributed by atoms with Crippen LogP contribution in [0.15, 0.2) is 35.6 Å². The van der Waals surface area contributed by atoms with E-state index in [0.717, 1.165) is 46.6 Å². The molecule has 2 heterocycles. The van der Waals surface area contributed by atoms with Crippen LogP contribution in [0.25, 0.3) is 5.00 Å². The first-order valence-electron chi connectivity index (χ1n) is 10.0. The third-order valence-electron chi connectivity index (χ3n) is 5.49. The molecule has 1 aliphatic carbocycles. The van der Waals surface area contributed by atoms with Crippen LogP contribution in [0.1, 0.15) is 40.7 Å². The van der Waals surface area contributed by atoms with E-state index in [-0.39, 0.29) is 0 Å². The predicted octanol–water partition coefficient (Wildman–Crippen LogP) is 4.74. The van der Waals surface area contributed by atoms with Gasteiger partial charge in [-0.2, -0.15) is 0 Å². The molecule has 1 aliphatic rings. The van der Waals surface area contributed by atoms with Crippen LogP contribution >= 0.6 is 22.9 Å². The van der Waals surface area contributed by atoms with E-state index in [2.05, 4.69) is 53.0 Å². The van der Waals surface area contributed by atoms with Crippen molar-refractivity contribution < 1.29 is 0 Å². The lowest BCUT2D eigenvalue weighted by molar-refractivity contribution is 0.648. The molecule has 2 atom stereocenters. The summed E-state index contributed by atoms with van der Waals surface area (Å²) in [6.07, 6.45) is 2.92. The molecule has 4 rings (SSSR count). The van der Waals surface area contributed by atoms with Gasteiger partial charge >= 0.3 is 0 Å². The molecule has 2 unspecified atom stereocenters. The van der Waals surface area contributed by atoms with Crippen molar-refractivity contribution in [2.45, 2.75) is 40.2 Å². The van der Waals surface area contributed by atoms with E-state index in [1.165, 1.54) is 16.0 Å². The molecule has 29 heavy (non-hydrogen) atoms. The van der Waals surface area contributed by atoms with E-state index in [4.69, 9.17) is 16.6 Å². The van der Waals surface area contributed by atoms with Gasteiger partial charge in [0, 0.05) is 27.6 Å². The maximum absolute atomic E-state index is 6.16. The van der Waals surface area contributed by atoms with Crippen LogP contribution in [0.3, 0.4) is 0 Å². The number of halogens is 1. The molecule has 2 aromatic heterocycles. The van der Waals surface area contributed by atoms with Crippen molar-refractivity contribution in [2.75, 3.05) is 13.1 Å². The normalized spacial score (nSPS) is 19.0. The number of aromatic nitrogens is 3. The van der Waals surface area contributed by atoms with E-state index in [1.807, 2.05) is 19.1 Å². The van der Waals surface area contributed by atoms with Crippen molar-refractivity contribution >= 4 is 28.6 Å². The molecule has 5 nitrogen and oxygen atoms in total. The molecule has 0 saturated heterocycles.